The van der Waals surface area contributed by atoms with Crippen LogP contribution in [0, 0.1) is 17.2 Å². The number of likely N-dealkylation sites (tertiary alicyclic amines) is 1. The van der Waals surface area contributed by atoms with Crippen molar-refractivity contribution in [2.45, 2.75) is 37.8 Å². The lowest BCUT2D eigenvalue weighted by atomic mass is 9.85. The van der Waals surface area contributed by atoms with Gasteiger partial charge in [0, 0.05) is 43.7 Å². The Morgan fingerprint density at radius 3 is 2.77 bits per heavy atom. The van der Waals surface area contributed by atoms with Crippen molar-refractivity contribution in [1.29, 1.82) is 5.26 Å². The van der Waals surface area contributed by atoms with Gasteiger partial charge in [-0.3, -0.25) is 9.48 Å². The number of pyridine rings is 1. The molecule has 7 nitrogen and oxygen atoms in total. The number of rotatable bonds is 5. The van der Waals surface area contributed by atoms with Crippen molar-refractivity contribution in [3.8, 4) is 6.07 Å². The summed E-state index contributed by atoms with van der Waals surface area (Å²) in [6.45, 7) is 0.754. The van der Waals surface area contributed by atoms with Gasteiger partial charge in [-0.25, -0.2) is 4.98 Å². The SMILES string of the molecule is Cn1cc([C@@H]2[C@@H](CNc3ccc(C#N)nc3)CCC(=O)N2C2CC2)cn1. The van der Waals surface area contributed by atoms with Crippen LogP contribution in [0.5, 0.6) is 0 Å². The number of hydrogen-bond donors (Lipinski definition) is 1. The Balaban J connectivity index is 1.54. The van der Waals surface area contributed by atoms with Crippen molar-refractivity contribution in [3.63, 3.8) is 0 Å². The number of aryl methyl sites for hydroxylation is 1. The van der Waals surface area contributed by atoms with Crippen LogP contribution in [0.15, 0.2) is 30.7 Å². The number of nitrogens with one attached hydrogen (secondary N) is 1. The Bertz CT molecular complexity index is 832. The fraction of sp³-hybridized carbons (Fsp3) is 0.474. The number of carbonyl (C=O) groups is 1. The normalized spacial score (nSPS) is 22.9. The molecule has 2 atom stereocenters. The van der Waals surface area contributed by atoms with Gasteiger partial charge in [-0.2, -0.15) is 10.4 Å². The average Bonchev–Trinajstić information content (AvgIpc) is 3.41. The molecule has 2 aliphatic rings. The Hall–Kier alpha value is -2.88. The number of piperidine rings is 1. The van der Waals surface area contributed by atoms with Gasteiger partial charge in [0.2, 0.25) is 5.91 Å². The zero-order valence-corrected chi connectivity index (χ0v) is 14.8. The highest BCUT2D eigenvalue weighted by Crippen LogP contribution is 2.43. The van der Waals surface area contributed by atoms with Gasteiger partial charge < -0.3 is 10.2 Å². The van der Waals surface area contributed by atoms with Gasteiger partial charge in [0.25, 0.3) is 0 Å². The smallest absolute Gasteiger partial charge is 0.223 e. The number of anilines is 1. The molecule has 1 amide bonds. The predicted octanol–water partition coefficient (Wildman–Crippen LogP) is 2.24. The highest BCUT2D eigenvalue weighted by atomic mass is 16.2. The van der Waals surface area contributed by atoms with Crippen LogP contribution in [-0.2, 0) is 11.8 Å². The summed E-state index contributed by atoms with van der Waals surface area (Å²) in [4.78, 5) is 18.8. The third-order valence-electron chi connectivity index (χ3n) is 5.22. The Morgan fingerprint density at radius 1 is 1.31 bits per heavy atom. The molecule has 3 heterocycles. The molecule has 2 aromatic heterocycles. The number of nitriles is 1. The first-order valence-corrected chi connectivity index (χ1v) is 9.05. The van der Waals surface area contributed by atoms with Crippen LogP contribution in [0.4, 0.5) is 5.69 Å². The summed E-state index contributed by atoms with van der Waals surface area (Å²) in [5.74, 6) is 0.575. The van der Waals surface area contributed by atoms with E-state index < -0.39 is 0 Å². The molecule has 0 bridgehead atoms. The molecule has 1 aliphatic heterocycles. The van der Waals surface area contributed by atoms with E-state index in [2.05, 4.69) is 20.3 Å². The number of amides is 1. The van der Waals surface area contributed by atoms with Crippen LogP contribution >= 0.6 is 0 Å². The van der Waals surface area contributed by atoms with Gasteiger partial charge in [0.05, 0.1) is 24.1 Å². The maximum atomic E-state index is 12.6. The van der Waals surface area contributed by atoms with E-state index in [0.29, 0.717) is 24.1 Å². The molecule has 26 heavy (non-hydrogen) atoms. The molecule has 2 fully saturated rings. The lowest BCUT2D eigenvalue weighted by Crippen LogP contribution is -2.45. The van der Waals surface area contributed by atoms with E-state index >= 15 is 0 Å². The summed E-state index contributed by atoms with van der Waals surface area (Å²) in [5.41, 5.74) is 2.41. The number of nitrogens with zero attached hydrogens (tertiary/aromatic N) is 5. The molecule has 0 aromatic carbocycles. The van der Waals surface area contributed by atoms with E-state index in [4.69, 9.17) is 5.26 Å². The maximum Gasteiger partial charge on any atom is 0.223 e. The van der Waals surface area contributed by atoms with Crippen molar-refractivity contribution in [3.05, 3.63) is 42.0 Å². The van der Waals surface area contributed by atoms with Crippen molar-refractivity contribution < 1.29 is 4.79 Å². The van der Waals surface area contributed by atoms with Crippen molar-refractivity contribution in [2.24, 2.45) is 13.0 Å². The minimum Gasteiger partial charge on any atom is -0.383 e. The number of carbonyl (C=O) groups excluding carboxylic acids is 1. The van der Waals surface area contributed by atoms with E-state index in [0.717, 1.165) is 37.1 Å². The van der Waals surface area contributed by atoms with Crippen molar-refractivity contribution >= 4 is 11.6 Å². The Labute approximate surface area is 152 Å². The molecule has 0 spiro atoms. The highest BCUT2D eigenvalue weighted by molar-refractivity contribution is 5.78. The first kappa shape index (κ1) is 16.6. The quantitative estimate of drug-likeness (QED) is 0.894. The van der Waals surface area contributed by atoms with Gasteiger partial charge in [-0.05, 0) is 31.4 Å². The van der Waals surface area contributed by atoms with Gasteiger partial charge in [0.15, 0.2) is 0 Å². The van der Waals surface area contributed by atoms with E-state index in [9.17, 15) is 4.79 Å². The monoisotopic (exact) mass is 350 g/mol. The lowest BCUT2D eigenvalue weighted by molar-refractivity contribution is -0.139. The molecule has 1 saturated carbocycles. The zero-order valence-electron chi connectivity index (χ0n) is 14.8. The summed E-state index contributed by atoms with van der Waals surface area (Å²) < 4.78 is 1.80. The average molecular weight is 350 g/mol. The minimum absolute atomic E-state index is 0.0660. The van der Waals surface area contributed by atoms with Crippen LogP contribution in [0.25, 0.3) is 0 Å². The lowest BCUT2D eigenvalue weighted by Gasteiger charge is -2.41. The zero-order chi connectivity index (χ0) is 18.1. The molecule has 1 N–H and O–H groups in total. The summed E-state index contributed by atoms with van der Waals surface area (Å²) in [6.07, 6.45) is 9.25. The van der Waals surface area contributed by atoms with Crippen LogP contribution < -0.4 is 5.32 Å². The van der Waals surface area contributed by atoms with E-state index in [1.54, 1.807) is 16.9 Å². The molecule has 1 aliphatic carbocycles. The Kier molecular flexibility index (Phi) is 4.33. The van der Waals surface area contributed by atoms with Gasteiger partial charge in [0.1, 0.15) is 11.8 Å². The van der Waals surface area contributed by atoms with Gasteiger partial charge in [-0.15, -0.1) is 0 Å². The molecule has 134 valence electrons. The summed E-state index contributed by atoms with van der Waals surface area (Å²) in [7, 11) is 1.91. The van der Waals surface area contributed by atoms with E-state index in [1.165, 1.54) is 0 Å². The van der Waals surface area contributed by atoms with Crippen molar-refractivity contribution in [1.82, 2.24) is 19.7 Å². The first-order chi connectivity index (χ1) is 12.7. The number of aromatic nitrogens is 3. The second kappa shape index (κ2) is 6.79. The molecule has 0 radical (unpaired) electrons. The van der Waals surface area contributed by atoms with E-state index in [-0.39, 0.29) is 11.9 Å². The molecule has 1 saturated heterocycles. The molecule has 7 heteroatoms. The highest BCUT2D eigenvalue weighted by Gasteiger charge is 2.44. The van der Waals surface area contributed by atoms with Crippen molar-refractivity contribution in [2.75, 3.05) is 11.9 Å². The van der Waals surface area contributed by atoms with Crippen LogP contribution in [-0.4, -0.2) is 38.2 Å². The number of hydrogen-bond acceptors (Lipinski definition) is 5. The molecular formula is C19H22N6O. The topological polar surface area (TPSA) is 86.8 Å². The molecule has 0 unspecified atom stereocenters. The Morgan fingerprint density at radius 2 is 2.15 bits per heavy atom. The summed E-state index contributed by atoms with van der Waals surface area (Å²) in [6, 6.07) is 6.06. The molecule has 4 rings (SSSR count). The third-order valence-corrected chi connectivity index (χ3v) is 5.22. The van der Waals surface area contributed by atoms with Gasteiger partial charge >= 0.3 is 0 Å². The first-order valence-electron chi connectivity index (χ1n) is 9.05. The molecular weight excluding hydrogens is 328 g/mol. The summed E-state index contributed by atoms with van der Waals surface area (Å²) in [5, 5.41) is 16.6. The van der Waals surface area contributed by atoms with Gasteiger partial charge in [-0.1, -0.05) is 0 Å². The van der Waals surface area contributed by atoms with Crippen LogP contribution in [0.3, 0.4) is 0 Å². The van der Waals surface area contributed by atoms with Crippen LogP contribution in [0.1, 0.15) is 43.0 Å². The largest absolute Gasteiger partial charge is 0.383 e. The van der Waals surface area contributed by atoms with Crippen LogP contribution in [0.2, 0.25) is 0 Å². The minimum atomic E-state index is 0.0660. The fourth-order valence-corrected chi connectivity index (χ4v) is 3.81. The standard InChI is InChI=1S/C19H22N6O/c1-24-12-14(10-23-24)19-13(2-7-18(26)25(19)17-5-6-17)9-21-16-4-3-15(8-20)22-11-16/h3-4,10-13,17,19,21H,2,5-7,9H2,1H3/t13-,19+/m1/s1. The second-order valence-corrected chi connectivity index (χ2v) is 7.15. The fourth-order valence-electron chi connectivity index (χ4n) is 3.81. The predicted molar refractivity (Wildman–Crippen MR) is 96.0 cm³/mol. The molecule has 2 aromatic rings. The maximum absolute atomic E-state index is 12.6. The van der Waals surface area contributed by atoms with E-state index in [1.807, 2.05) is 31.6 Å². The summed E-state index contributed by atoms with van der Waals surface area (Å²) >= 11 is 0. The third kappa shape index (κ3) is 3.27. The second-order valence-electron chi connectivity index (χ2n) is 7.15.